The molecule has 0 saturated heterocycles. The van der Waals surface area contributed by atoms with Gasteiger partial charge in [0, 0.05) is 24.7 Å². The first-order valence-electron chi connectivity index (χ1n) is 14.4. The van der Waals surface area contributed by atoms with Crippen LogP contribution in [-0.2, 0) is 27.3 Å². The van der Waals surface area contributed by atoms with Crippen LogP contribution in [0, 0.1) is 31.1 Å². The molecule has 236 valence electrons. The molecule has 0 saturated carbocycles. The number of aliphatic hydroxyl groups excluding tert-OH is 1. The number of anilines is 1. The molecule has 5 N–H and O–H groups in total. The third kappa shape index (κ3) is 10.4. The highest BCUT2D eigenvalue weighted by Gasteiger charge is 2.31. The predicted octanol–water partition coefficient (Wildman–Crippen LogP) is 2.86. The number of rotatable bonds is 13. The first kappa shape index (κ1) is 34.2. The van der Waals surface area contributed by atoms with Crippen LogP contribution in [-0.4, -0.2) is 52.1 Å². The second-order valence-corrected chi connectivity index (χ2v) is 11.1. The molecule has 0 radical (unpaired) electrons. The van der Waals surface area contributed by atoms with Gasteiger partial charge in [-0.3, -0.25) is 19.2 Å². The standard InChI is InChI=1S/C33H38N6O6/c1-19(2)14-25(17-34)30(41)36-26-12-10-23(11-13-26)16-27(31(42)35-18-24-8-6-20(3)7-9-24)37-33(44)29(22(5)40)38-32(43)28-15-21(4)45-39-28/h6-15,19,22,27,29,40H,16,18H2,1-5H3,(H,35,42)(H,36,41)(H,37,44)(H,38,43)/t22-,27+,29+/m1/s1. The fourth-order valence-corrected chi connectivity index (χ4v) is 4.24. The van der Waals surface area contributed by atoms with Gasteiger partial charge in [0.2, 0.25) is 11.8 Å². The Kier molecular flexibility index (Phi) is 12.1. The van der Waals surface area contributed by atoms with Crippen molar-refractivity contribution in [2.45, 2.75) is 65.8 Å². The average Bonchev–Trinajstić information content (AvgIpc) is 3.44. The van der Waals surface area contributed by atoms with E-state index in [-0.39, 0.29) is 30.2 Å². The van der Waals surface area contributed by atoms with Crippen molar-refractivity contribution >= 4 is 29.3 Å². The van der Waals surface area contributed by atoms with Crippen molar-refractivity contribution in [3.8, 4) is 6.07 Å². The second kappa shape index (κ2) is 16.0. The van der Waals surface area contributed by atoms with Gasteiger partial charge in [-0.2, -0.15) is 5.26 Å². The number of aryl methyl sites for hydroxylation is 2. The summed E-state index contributed by atoms with van der Waals surface area (Å²) in [6, 6.07) is 15.0. The lowest BCUT2D eigenvalue weighted by atomic mass is 10.0. The lowest BCUT2D eigenvalue weighted by Crippen LogP contribution is -2.57. The maximum atomic E-state index is 13.4. The Hall–Kier alpha value is -5.28. The van der Waals surface area contributed by atoms with Crippen LogP contribution in [0.3, 0.4) is 0 Å². The summed E-state index contributed by atoms with van der Waals surface area (Å²) in [5.74, 6) is -2.11. The van der Waals surface area contributed by atoms with Crippen LogP contribution in [0.15, 0.2) is 70.8 Å². The Balaban J connectivity index is 1.77. The van der Waals surface area contributed by atoms with Crippen molar-refractivity contribution in [2.24, 2.45) is 5.92 Å². The number of aliphatic hydroxyl groups is 1. The van der Waals surface area contributed by atoms with Gasteiger partial charge in [-0.1, -0.05) is 67.0 Å². The summed E-state index contributed by atoms with van der Waals surface area (Å²) >= 11 is 0. The molecule has 1 aromatic heterocycles. The predicted molar refractivity (Wildman–Crippen MR) is 166 cm³/mol. The zero-order chi connectivity index (χ0) is 33.1. The number of hydrogen-bond acceptors (Lipinski definition) is 8. The molecule has 3 atom stereocenters. The Morgan fingerprint density at radius 3 is 2.16 bits per heavy atom. The molecule has 12 heteroatoms. The van der Waals surface area contributed by atoms with Crippen molar-refractivity contribution in [1.29, 1.82) is 5.26 Å². The van der Waals surface area contributed by atoms with Gasteiger partial charge in [-0.25, -0.2) is 0 Å². The van der Waals surface area contributed by atoms with Gasteiger partial charge in [0.15, 0.2) is 5.69 Å². The number of nitrogens with zero attached hydrogens (tertiary/aromatic N) is 2. The summed E-state index contributed by atoms with van der Waals surface area (Å²) < 4.78 is 4.92. The molecule has 0 spiro atoms. The quantitative estimate of drug-likeness (QED) is 0.144. The minimum atomic E-state index is -1.40. The number of aromatic nitrogens is 1. The highest BCUT2D eigenvalue weighted by molar-refractivity contribution is 6.06. The average molecular weight is 615 g/mol. The number of amides is 4. The maximum Gasteiger partial charge on any atom is 0.274 e. The molecule has 3 aromatic rings. The number of hydrogen-bond donors (Lipinski definition) is 5. The molecule has 12 nitrogen and oxygen atoms in total. The van der Waals surface area contributed by atoms with Gasteiger partial charge in [0.05, 0.1) is 6.10 Å². The zero-order valence-electron chi connectivity index (χ0n) is 25.9. The fourth-order valence-electron chi connectivity index (χ4n) is 4.24. The van der Waals surface area contributed by atoms with Crippen LogP contribution in [0.25, 0.3) is 0 Å². The number of allylic oxidation sites excluding steroid dienone is 1. The summed E-state index contributed by atoms with van der Waals surface area (Å²) in [6.45, 7) is 8.84. The SMILES string of the molecule is Cc1ccc(CNC(=O)[C@H](Cc2ccc(NC(=O)C(C#N)=CC(C)C)cc2)NC(=O)[C@@H](NC(=O)c2cc(C)on2)[C@@H](C)O)cc1. The van der Waals surface area contributed by atoms with E-state index in [1.165, 1.54) is 13.0 Å². The Labute approximate surface area is 261 Å². The molecule has 4 amide bonds. The van der Waals surface area contributed by atoms with Gasteiger partial charge >= 0.3 is 0 Å². The van der Waals surface area contributed by atoms with Crippen LogP contribution >= 0.6 is 0 Å². The first-order chi connectivity index (χ1) is 21.4. The van der Waals surface area contributed by atoms with Crippen molar-refractivity contribution in [2.75, 3.05) is 5.32 Å². The molecule has 1 heterocycles. The topological polar surface area (TPSA) is 186 Å². The highest BCUT2D eigenvalue weighted by Crippen LogP contribution is 2.14. The molecule has 2 aromatic carbocycles. The molecular weight excluding hydrogens is 576 g/mol. The summed E-state index contributed by atoms with van der Waals surface area (Å²) in [5.41, 5.74) is 2.96. The molecule has 0 fully saturated rings. The summed E-state index contributed by atoms with van der Waals surface area (Å²) in [6.07, 6.45) is 0.324. The largest absolute Gasteiger partial charge is 0.391 e. The van der Waals surface area contributed by atoms with E-state index >= 15 is 0 Å². The van der Waals surface area contributed by atoms with Gasteiger partial charge in [-0.05, 0) is 49.9 Å². The number of benzene rings is 2. The summed E-state index contributed by atoms with van der Waals surface area (Å²) in [5, 5.41) is 33.9. The normalized spacial score (nSPS) is 13.2. The van der Waals surface area contributed by atoms with E-state index in [1.807, 2.05) is 51.1 Å². The van der Waals surface area contributed by atoms with Crippen molar-refractivity contribution in [3.05, 3.63) is 94.4 Å². The van der Waals surface area contributed by atoms with E-state index in [2.05, 4.69) is 26.4 Å². The monoisotopic (exact) mass is 614 g/mol. The van der Waals surface area contributed by atoms with E-state index in [4.69, 9.17) is 4.52 Å². The second-order valence-electron chi connectivity index (χ2n) is 11.1. The summed E-state index contributed by atoms with van der Waals surface area (Å²) in [4.78, 5) is 51.8. The third-order valence-corrected chi connectivity index (χ3v) is 6.65. The first-order valence-corrected chi connectivity index (χ1v) is 14.4. The zero-order valence-corrected chi connectivity index (χ0v) is 25.9. The van der Waals surface area contributed by atoms with E-state index < -0.39 is 41.8 Å². The maximum absolute atomic E-state index is 13.4. The highest BCUT2D eigenvalue weighted by atomic mass is 16.5. The Morgan fingerprint density at radius 2 is 1.60 bits per heavy atom. The van der Waals surface area contributed by atoms with Crippen LogP contribution in [0.1, 0.15) is 53.7 Å². The Morgan fingerprint density at radius 1 is 0.956 bits per heavy atom. The van der Waals surface area contributed by atoms with E-state index in [1.54, 1.807) is 37.3 Å². The molecular formula is C33H38N6O6. The molecule has 0 bridgehead atoms. The smallest absolute Gasteiger partial charge is 0.274 e. The molecule has 0 unspecified atom stereocenters. The van der Waals surface area contributed by atoms with Gasteiger partial charge < -0.3 is 30.9 Å². The lowest BCUT2D eigenvalue weighted by Gasteiger charge is -2.24. The number of carbonyl (C=O) groups excluding carboxylic acids is 4. The summed E-state index contributed by atoms with van der Waals surface area (Å²) in [7, 11) is 0. The van der Waals surface area contributed by atoms with E-state index in [9.17, 15) is 29.5 Å². The van der Waals surface area contributed by atoms with Gasteiger partial charge in [-0.15, -0.1) is 0 Å². The molecule has 45 heavy (non-hydrogen) atoms. The molecule has 0 aliphatic rings. The number of carbonyl (C=O) groups is 4. The lowest BCUT2D eigenvalue weighted by molar-refractivity contribution is -0.131. The van der Waals surface area contributed by atoms with E-state index in [0.717, 1.165) is 11.1 Å². The van der Waals surface area contributed by atoms with Crippen LogP contribution < -0.4 is 21.3 Å². The van der Waals surface area contributed by atoms with Crippen molar-refractivity contribution in [3.63, 3.8) is 0 Å². The van der Waals surface area contributed by atoms with E-state index in [0.29, 0.717) is 17.0 Å². The minimum absolute atomic E-state index is 0.000503. The minimum Gasteiger partial charge on any atom is -0.391 e. The van der Waals surface area contributed by atoms with Gasteiger partial charge in [0.1, 0.15) is 29.5 Å². The van der Waals surface area contributed by atoms with Crippen molar-refractivity contribution < 1.29 is 28.8 Å². The van der Waals surface area contributed by atoms with Crippen LogP contribution in [0.2, 0.25) is 0 Å². The van der Waals surface area contributed by atoms with Crippen molar-refractivity contribution in [1.82, 2.24) is 21.1 Å². The Bertz CT molecular complexity index is 1570. The van der Waals surface area contributed by atoms with Gasteiger partial charge in [0.25, 0.3) is 11.8 Å². The number of nitriles is 1. The van der Waals surface area contributed by atoms with Crippen LogP contribution in [0.4, 0.5) is 5.69 Å². The molecule has 0 aliphatic heterocycles. The van der Waals surface area contributed by atoms with Crippen LogP contribution in [0.5, 0.6) is 0 Å². The fraction of sp³-hybridized carbons (Fsp3) is 0.333. The molecule has 0 aliphatic carbocycles. The third-order valence-electron chi connectivity index (χ3n) is 6.65. The number of nitrogens with one attached hydrogen (secondary N) is 4. The molecule has 3 rings (SSSR count).